The highest BCUT2D eigenvalue weighted by Crippen LogP contribution is 2.26. The normalized spacial score (nSPS) is 15.6. The van der Waals surface area contributed by atoms with Crippen molar-refractivity contribution in [3.63, 3.8) is 0 Å². The number of piperidine rings is 1. The second-order valence-electron chi connectivity index (χ2n) is 8.53. The van der Waals surface area contributed by atoms with Crippen molar-refractivity contribution in [1.29, 1.82) is 0 Å². The number of Topliss-reactive ketones (excluding diaryl/α,β-unsaturated/α-hetero) is 1. The van der Waals surface area contributed by atoms with E-state index in [4.69, 9.17) is 0 Å². The SMILES string of the molecule is CCCn1ccc2cc(NC(=O)C3CCN(S(=O)(=O)c4cccc(C(C)=O)c4)CC3)ccc21. The Morgan fingerprint density at radius 3 is 2.52 bits per heavy atom. The largest absolute Gasteiger partial charge is 0.347 e. The molecule has 0 aliphatic carbocycles. The molecule has 0 saturated carbocycles. The quantitative estimate of drug-likeness (QED) is 0.525. The lowest BCUT2D eigenvalue weighted by Gasteiger charge is -2.30. The highest BCUT2D eigenvalue weighted by Gasteiger charge is 2.32. The van der Waals surface area contributed by atoms with Crippen molar-refractivity contribution in [2.75, 3.05) is 18.4 Å². The van der Waals surface area contributed by atoms with Gasteiger partial charge in [-0.3, -0.25) is 9.59 Å². The number of amides is 1. The maximum absolute atomic E-state index is 13.0. The van der Waals surface area contributed by atoms with E-state index in [0.717, 1.165) is 29.6 Å². The fourth-order valence-electron chi connectivity index (χ4n) is 4.34. The molecule has 1 N–H and O–H groups in total. The molecular weight excluding hydrogens is 438 g/mol. The van der Waals surface area contributed by atoms with Crippen molar-refractivity contribution < 1.29 is 18.0 Å². The molecule has 0 radical (unpaired) electrons. The van der Waals surface area contributed by atoms with E-state index in [1.807, 2.05) is 24.3 Å². The standard InChI is InChI=1S/C25H29N3O4S/c1-3-12-27-13-9-21-16-22(7-8-24(21)27)26-25(30)19-10-14-28(15-11-19)33(31,32)23-6-4-5-20(17-23)18(2)29/h4-9,13,16-17,19H,3,10-12,14-15H2,1-2H3,(H,26,30). The maximum atomic E-state index is 13.0. The van der Waals surface area contributed by atoms with Gasteiger partial charge in [0.1, 0.15) is 0 Å². The molecule has 0 atom stereocenters. The monoisotopic (exact) mass is 467 g/mol. The van der Waals surface area contributed by atoms with Gasteiger partial charge in [0, 0.05) is 53.9 Å². The van der Waals surface area contributed by atoms with Gasteiger partial charge in [0.15, 0.2) is 5.78 Å². The summed E-state index contributed by atoms with van der Waals surface area (Å²) in [6.45, 7) is 5.04. The topological polar surface area (TPSA) is 88.5 Å². The molecule has 7 nitrogen and oxygen atoms in total. The molecule has 33 heavy (non-hydrogen) atoms. The van der Waals surface area contributed by atoms with Gasteiger partial charge in [0.2, 0.25) is 15.9 Å². The zero-order valence-electron chi connectivity index (χ0n) is 19.0. The number of anilines is 1. The molecule has 0 unspecified atom stereocenters. The number of benzene rings is 2. The molecule has 1 amide bonds. The third-order valence-electron chi connectivity index (χ3n) is 6.21. The van der Waals surface area contributed by atoms with Crippen molar-refractivity contribution in [3.8, 4) is 0 Å². The van der Waals surface area contributed by atoms with Crippen LogP contribution in [0.4, 0.5) is 5.69 Å². The van der Waals surface area contributed by atoms with Crippen molar-refractivity contribution >= 4 is 38.3 Å². The predicted molar refractivity (Wildman–Crippen MR) is 129 cm³/mol. The van der Waals surface area contributed by atoms with Crippen LogP contribution in [0, 0.1) is 5.92 Å². The van der Waals surface area contributed by atoms with Crippen LogP contribution in [-0.4, -0.2) is 42.1 Å². The first kappa shape index (κ1) is 23.2. The number of rotatable bonds is 7. The van der Waals surface area contributed by atoms with Crippen LogP contribution in [0.3, 0.4) is 0 Å². The summed E-state index contributed by atoms with van der Waals surface area (Å²) in [5.41, 5.74) is 2.26. The number of fused-ring (bicyclic) bond motifs is 1. The number of sulfonamides is 1. The molecule has 1 aliphatic heterocycles. The summed E-state index contributed by atoms with van der Waals surface area (Å²) in [6, 6.07) is 14.1. The van der Waals surface area contributed by atoms with Gasteiger partial charge in [-0.05, 0) is 62.6 Å². The number of aromatic nitrogens is 1. The fourth-order valence-corrected chi connectivity index (χ4v) is 5.86. The van der Waals surface area contributed by atoms with Crippen molar-refractivity contribution in [3.05, 3.63) is 60.3 Å². The lowest BCUT2D eigenvalue weighted by molar-refractivity contribution is -0.120. The van der Waals surface area contributed by atoms with E-state index >= 15 is 0 Å². The van der Waals surface area contributed by atoms with Crippen LogP contribution in [0.5, 0.6) is 0 Å². The lowest BCUT2D eigenvalue weighted by Crippen LogP contribution is -2.41. The van der Waals surface area contributed by atoms with Crippen molar-refractivity contribution in [2.45, 2.75) is 44.6 Å². The molecule has 0 spiro atoms. The number of carbonyl (C=O) groups excluding carboxylic acids is 2. The number of nitrogens with one attached hydrogen (secondary N) is 1. The van der Waals surface area contributed by atoms with Gasteiger partial charge in [0.25, 0.3) is 0 Å². The first-order chi connectivity index (χ1) is 15.8. The minimum absolute atomic E-state index is 0.0852. The summed E-state index contributed by atoms with van der Waals surface area (Å²) in [7, 11) is -3.71. The summed E-state index contributed by atoms with van der Waals surface area (Å²) in [5, 5.41) is 4.08. The van der Waals surface area contributed by atoms with E-state index in [2.05, 4.69) is 23.0 Å². The number of nitrogens with zero attached hydrogens (tertiary/aromatic N) is 2. The number of aryl methyl sites for hydroxylation is 1. The summed E-state index contributed by atoms with van der Waals surface area (Å²) in [5.74, 6) is -0.513. The van der Waals surface area contributed by atoms with E-state index in [0.29, 0.717) is 18.4 Å². The van der Waals surface area contributed by atoms with E-state index in [-0.39, 0.29) is 35.6 Å². The molecule has 1 saturated heterocycles. The van der Waals surface area contributed by atoms with Gasteiger partial charge < -0.3 is 9.88 Å². The molecule has 174 valence electrons. The average molecular weight is 468 g/mol. The fraction of sp³-hybridized carbons (Fsp3) is 0.360. The Labute approximate surface area is 194 Å². The van der Waals surface area contributed by atoms with E-state index in [1.165, 1.54) is 23.4 Å². The van der Waals surface area contributed by atoms with Crippen LogP contribution in [0.15, 0.2) is 59.6 Å². The van der Waals surface area contributed by atoms with Crippen LogP contribution in [0.1, 0.15) is 43.5 Å². The van der Waals surface area contributed by atoms with Crippen LogP contribution in [0.2, 0.25) is 0 Å². The molecule has 1 aromatic heterocycles. The predicted octanol–water partition coefficient (Wildman–Crippen LogP) is 4.29. The number of hydrogen-bond donors (Lipinski definition) is 1. The van der Waals surface area contributed by atoms with Crippen LogP contribution in [0.25, 0.3) is 10.9 Å². The van der Waals surface area contributed by atoms with Crippen LogP contribution >= 0.6 is 0 Å². The van der Waals surface area contributed by atoms with E-state index in [1.54, 1.807) is 12.1 Å². The minimum atomic E-state index is -3.71. The number of carbonyl (C=O) groups is 2. The third-order valence-corrected chi connectivity index (χ3v) is 8.10. The van der Waals surface area contributed by atoms with E-state index in [9.17, 15) is 18.0 Å². The van der Waals surface area contributed by atoms with Crippen molar-refractivity contribution in [2.24, 2.45) is 5.92 Å². The molecule has 1 aliphatic rings. The second-order valence-corrected chi connectivity index (χ2v) is 10.5. The average Bonchev–Trinajstić information content (AvgIpc) is 3.21. The summed E-state index contributed by atoms with van der Waals surface area (Å²) in [4.78, 5) is 24.6. The summed E-state index contributed by atoms with van der Waals surface area (Å²) in [6.07, 6.45) is 4.01. The van der Waals surface area contributed by atoms with Gasteiger partial charge in [-0.15, -0.1) is 0 Å². The highest BCUT2D eigenvalue weighted by molar-refractivity contribution is 7.89. The summed E-state index contributed by atoms with van der Waals surface area (Å²) < 4.78 is 29.6. The Bertz CT molecular complexity index is 1290. The van der Waals surface area contributed by atoms with Gasteiger partial charge in [-0.2, -0.15) is 4.31 Å². The molecule has 2 aromatic carbocycles. The first-order valence-electron chi connectivity index (χ1n) is 11.3. The number of hydrogen-bond acceptors (Lipinski definition) is 4. The van der Waals surface area contributed by atoms with Crippen LogP contribution in [-0.2, 0) is 21.4 Å². The molecule has 2 heterocycles. The third kappa shape index (κ3) is 4.86. The molecule has 0 bridgehead atoms. The zero-order chi connectivity index (χ0) is 23.6. The van der Waals surface area contributed by atoms with Gasteiger partial charge in [-0.25, -0.2) is 8.42 Å². The van der Waals surface area contributed by atoms with Gasteiger partial charge in [0.05, 0.1) is 4.90 Å². The van der Waals surface area contributed by atoms with Gasteiger partial charge >= 0.3 is 0 Å². The molecular formula is C25H29N3O4S. The molecule has 1 fully saturated rings. The Kier molecular flexibility index (Phi) is 6.67. The Morgan fingerprint density at radius 2 is 1.82 bits per heavy atom. The molecule has 4 rings (SSSR count). The molecule has 3 aromatic rings. The van der Waals surface area contributed by atoms with Crippen LogP contribution < -0.4 is 5.32 Å². The Morgan fingerprint density at radius 1 is 1.06 bits per heavy atom. The van der Waals surface area contributed by atoms with Crippen molar-refractivity contribution in [1.82, 2.24) is 8.87 Å². The number of ketones is 1. The molecule has 8 heteroatoms. The van der Waals surface area contributed by atoms with Gasteiger partial charge in [-0.1, -0.05) is 19.1 Å². The minimum Gasteiger partial charge on any atom is -0.347 e. The lowest BCUT2D eigenvalue weighted by atomic mass is 9.97. The Hall–Kier alpha value is -2.97. The highest BCUT2D eigenvalue weighted by atomic mass is 32.2. The maximum Gasteiger partial charge on any atom is 0.243 e. The second kappa shape index (κ2) is 9.49. The smallest absolute Gasteiger partial charge is 0.243 e. The van der Waals surface area contributed by atoms with E-state index < -0.39 is 10.0 Å². The zero-order valence-corrected chi connectivity index (χ0v) is 19.8. The first-order valence-corrected chi connectivity index (χ1v) is 12.7. The summed E-state index contributed by atoms with van der Waals surface area (Å²) >= 11 is 0. The Balaban J connectivity index is 1.39.